The molecular formula is C18H16F5NO2S. The molecule has 2 aromatic carbocycles. The Labute approximate surface area is 153 Å². The molecule has 1 aliphatic heterocycles. The Bertz CT molecular complexity index is 925. The van der Waals surface area contributed by atoms with E-state index in [1.54, 1.807) is 4.90 Å². The molecule has 0 saturated carbocycles. The molecule has 0 spiro atoms. The van der Waals surface area contributed by atoms with Crippen LogP contribution in [0.1, 0.15) is 5.56 Å². The van der Waals surface area contributed by atoms with Crippen molar-refractivity contribution in [1.29, 1.82) is 0 Å². The van der Waals surface area contributed by atoms with Crippen molar-refractivity contribution in [2.45, 2.75) is 16.6 Å². The fraction of sp³-hybridized carbons (Fsp3) is 0.333. The quantitative estimate of drug-likeness (QED) is 0.544. The Morgan fingerprint density at radius 2 is 1.56 bits per heavy atom. The molecule has 0 aliphatic carbocycles. The third kappa shape index (κ3) is 3.84. The lowest BCUT2D eigenvalue weighted by molar-refractivity contribution is -0.0559. The second-order valence-electron chi connectivity index (χ2n) is 6.46. The summed E-state index contributed by atoms with van der Waals surface area (Å²) in [5, 5.41) is -4.00. The molecule has 0 amide bonds. The van der Waals surface area contributed by atoms with Crippen LogP contribution in [0.25, 0.3) is 0 Å². The molecule has 1 fully saturated rings. The predicted molar refractivity (Wildman–Crippen MR) is 88.5 cm³/mol. The Hall–Kier alpha value is -2.00. The zero-order valence-corrected chi connectivity index (χ0v) is 14.8. The van der Waals surface area contributed by atoms with E-state index in [0.717, 1.165) is 36.4 Å². The summed E-state index contributed by atoms with van der Waals surface area (Å²) in [6, 6.07) is 6.40. The number of halogens is 5. The Balaban J connectivity index is 1.61. The first-order valence-corrected chi connectivity index (χ1v) is 9.64. The highest BCUT2D eigenvalue weighted by atomic mass is 32.2. The van der Waals surface area contributed by atoms with Crippen molar-refractivity contribution in [3.8, 4) is 0 Å². The molecule has 0 atom stereocenters. The Morgan fingerprint density at radius 1 is 0.963 bits per heavy atom. The fourth-order valence-corrected chi connectivity index (χ4v) is 4.35. The first-order chi connectivity index (χ1) is 12.6. The molecule has 1 heterocycles. The van der Waals surface area contributed by atoms with Gasteiger partial charge in [0, 0.05) is 25.7 Å². The zero-order chi connectivity index (χ0) is 19.8. The highest BCUT2D eigenvalue weighted by Crippen LogP contribution is 2.40. The first-order valence-electron chi connectivity index (χ1n) is 8.15. The lowest BCUT2D eigenvalue weighted by atomic mass is 9.99. The van der Waals surface area contributed by atoms with Crippen LogP contribution in [0.3, 0.4) is 0 Å². The third-order valence-electron chi connectivity index (χ3n) is 4.63. The highest BCUT2D eigenvalue weighted by Gasteiger charge is 2.56. The predicted octanol–water partition coefficient (Wildman–Crippen LogP) is 3.64. The van der Waals surface area contributed by atoms with Crippen LogP contribution in [0.15, 0.2) is 47.4 Å². The lowest BCUT2D eigenvalue weighted by Crippen LogP contribution is -2.57. The summed E-state index contributed by atoms with van der Waals surface area (Å²) in [6.07, 6.45) is 0.190. The molecule has 0 radical (unpaired) electrons. The van der Waals surface area contributed by atoms with Gasteiger partial charge in [-0.3, -0.25) is 0 Å². The Morgan fingerprint density at radius 3 is 2.15 bits per heavy atom. The van der Waals surface area contributed by atoms with Gasteiger partial charge in [-0.15, -0.1) is 0 Å². The molecule has 3 nitrogen and oxygen atoms in total. The molecule has 0 bridgehead atoms. The summed E-state index contributed by atoms with van der Waals surface area (Å²) in [5.41, 5.74) is 0.255. The monoisotopic (exact) mass is 405 g/mol. The largest absolute Gasteiger partial charge is 0.355 e. The average molecular weight is 405 g/mol. The van der Waals surface area contributed by atoms with Crippen molar-refractivity contribution < 1.29 is 30.4 Å². The zero-order valence-electron chi connectivity index (χ0n) is 14.0. The van der Waals surface area contributed by atoms with Crippen LogP contribution in [-0.4, -0.2) is 38.2 Å². The second kappa shape index (κ2) is 7.20. The smallest absolute Gasteiger partial charge is 0.302 e. The van der Waals surface area contributed by atoms with Crippen molar-refractivity contribution in [2.75, 3.05) is 19.6 Å². The van der Waals surface area contributed by atoms with Crippen molar-refractivity contribution >= 4 is 9.84 Å². The number of rotatable bonds is 6. The minimum Gasteiger partial charge on any atom is -0.302 e. The molecule has 2 aromatic rings. The van der Waals surface area contributed by atoms with E-state index in [1.165, 1.54) is 6.07 Å². The average Bonchev–Trinajstić information content (AvgIpc) is 2.55. The second-order valence-corrected chi connectivity index (χ2v) is 8.48. The van der Waals surface area contributed by atoms with Gasteiger partial charge in [0.25, 0.3) is 0 Å². The van der Waals surface area contributed by atoms with Crippen molar-refractivity contribution in [3.63, 3.8) is 0 Å². The van der Waals surface area contributed by atoms with Crippen LogP contribution in [0, 0.1) is 23.4 Å². The minimum absolute atomic E-state index is 0.170. The van der Waals surface area contributed by atoms with E-state index in [9.17, 15) is 30.4 Å². The summed E-state index contributed by atoms with van der Waals surface area (Å²) in [4.78, 5) is 0.933. The van der Waals surface area contributed by atoms with Gasteiger partial charge in [0.05, 0.1) is 10.8 Å². The van der Waals surface area contributed by atoms with Gasteiger partial charge in [0.1, 0.15) is 17.5 Å². The van der Waals surface area contributed by atoms with E-state index in [1.807, 2.05) is 0 Å². The molecule has 146 valence electrons. The number of hydrogen-bond acceptors (Lipinski definition) is 3. The topological polar surface area (TPSA) is 37.4 Å². The molecule has 0 unspecified atom stereocenters. The van der Waals surface area contributed by atoms with Gasteiger partial charge in [-0.25, -0.2) is 21.6 Å². The summed E-state index contributed by atoms with van der Waals surface area (Å²) in [6.45, 7) is -0.0990. The van der Waals surface area contributed by atoms with Gasteiger partial charge in [0.15, 0.2) is 0 Å². The van der Waals surface area contributed by atoms with E-state index < -0.39 is 43.4 Å². The maximum atomic E-state index is 14.5. The van der Waals surface area contributed by atoms with Crippen LogP contribution in [0.5, 0.6) is 0 Å². The van der Waals surface area contributed by atoms with Gasteiger partial charge in [-0.05, 0) is 42.3 Å². The first kappa shape index (κ1) is 19.8. The standard InChI is InChI=1S/C18H16F5NO2S/c19-14-3-5-16(6-4-14)27(25,26)18(22,23)13-10-24(11-13)8-7-12-1-2-15(20)9-17(12)21/h1-6,9,13H,7-8,10-11H2. The number of alkyl halides is 2. The van der Waals surface area contributed by atoms with Crippen LogP contribution in [0.4, 0.5) is 22.0 Å². The van der Waals surface area contributed by atoms with E-state index in [-0.39, 0.29) is 31.6 Å². The number of nitrogens with zero attached hydrogens (tertiary/aromatic N) is 1. The van der Waals surface area contributed by atoms with E-state index in [2.05, 4.69) is 0 Å². The molecule has 0 aromatic heterocycles. The normalized spacial score (nSPS) is 16.3. The van der Waals surface area contributed by atoms with E-state index in [0.29, 0.717) is 0 Å². The number of benzene rings is 2. The Kier molecular flexibility index (Phi) is 5.27. The van der Waals surface area contributed by atoms with Gasteiger partial charge in [-0.1, -0.05) is 6.07 Å². The summed E-state index contributed by atoms with van der Waals surface area (Å²) in [7, 11) is -4.95. The van der Waals surface area contributed by atoms with Crippen molar-refractivity contribution in [1.82, 2.24) is 4.90 Å². The van der Waals surface area contributed by atoms with Crippen molar-refractivity contribution in [2.24, 2.45) is 5.92 Å². The fourth-order valence-electron chi connectivity index (χ4n) is 2.96. The van der Waals surface area contributed by atoms with Crippen LogP contribution in [-0.2, 0) is 16.3 Å². The van der Waals surface area contributed by atoms with Crippen LogP contribution < -0.4 is 0 Å². The number of hydrogen-bond donors (Lipinski definition) is 0. The maximum Gasteiger partial charge on any atom is 0.355 e. The minimum atomic E-state index is -4.95. The van der Waals surface area contributed by atoms with Gasteiger partial charge < -0.3 is 4.90 Å². The lowest BCUT2D eigenvalue weighted by Gasteiger charge is -2.42. The van der Waals surface area contributed by atoms with Gasteiger partial charge in [-0.2, -0.15) is 8.78 Å². The number of likely N-dealkylation sites (tertiary alicyclic amines) is 1. The maximum absolute atomic E-state index is 14.5. The summed E-state index contributed by atoms with van der Waals surface area (Å²) < 4.78 is 92.7. The molecule has 9 heteroatoms. The molecule has 1 aliphatic rings. The molecule has 1 saturated heterocycles. The third-order valence-corrected chi connectivity index (χ3v) is 6.57. The van der Waals surface area contributed by atoms with Crippen LogP contribution in [0.2, 0.25) is 0 Å². The molecular weight excluding hydrogens is 389 g/mol. The number of sulfone groups is 1. The van der Waals surface area contributed by atoms with Crippen LogP contribution >= 0.6 is 0 Å². The van der Waals surface area contributed by atoms with Gasteiger partial charge >= 0.3 is 5.25 Å². The molecule has 3 rings (SSSR count). The van der Waals surface area contributed by atoms with Crippen molar-refractivity contribution in [3.05, 3.63) is 65.5 Å². The van der Waals surface area contributed by atoms with E-state index >= 15 is 0 Å². The summed E-state index contributed by atoms with van der Waals surface area (Å²) >= 11 is 0. The molecule has 0 N–H and O–H groups in total. The highest BCUT2D eigenvalue weighted by molar-refractivity contribution is 7.92. The molecule has 27 heavy (non-hydrogen) atoms. The van der Waals surface area contributed by atoms with E-state index in [4.69, 9.17) is 0 Å². The van der Waals surface area contributed by atoms with Gasteiger partial charge in [0.2, 0.25) is 9.84 Å². The SMILES string of the molecule is O=S(=O)(c1ccc(F)cc1)C(F)(F)C1CN(CCc2ccc(F)cc2F)C1. The summed E-state index contributed by atoms with van der Waals surface area (Å²) in [5.74, 6) is -3.55.